The topological polar surface area (TPSA) is 55.8 Å². The molecule has 0 aliphatic rings. The van der Waals surface area contributed by atoms with E-state index in [2.05, 4.69) is 0 Å². The molecule has 0 radical (unpaired) electrons. The standard InChI is InChI=1S/C12H16O4/c1-3-5-11(12(13)14)16-10-7-4-6-9(8-10)15-2/h4,6-8,11H,3,5H2,1-2H3,(H,13,14)/t11-/m1/s1. The average Bonchev–Trinajstić information content (AvgIpc) is 2.28. The Morgan fingerprint density at radius 3 is 2.69 bits per heavy atom. The quantitative estimate of drug-likeness (QED) is 0.805. The van der Waals surface area contributed by atoms with Crippen molar-refractivity contribution in [1.82, 2.24) is 0 Å². The second kappa shape index (κ2) is 6.00. The van der Waals surface area contributed by atoms with Crippen molar-refractivity contribution in [2.45, 2.75) is 25.9 Å². The second-order valence-corrected chi connectivity index (χ2v) is 3.41. The lowest BCUT2D eigenvalue weighted by Crippen LogP contribution is -2.26. The summed E-state index contributed by atoms with van der Waals surface area (Å²) in [7, 11) is 1.56. The van der Waals surface area contributed by atoms with E-state index in [4.69, 9.17) is 14.6 Å². The van der Waals surface area contributed by atoms with Crippen LogP contribution in [0.3, 0.4) is 0 Å². The van der Waals surface area contributed by atoms with E-state index in [1.54, 1.807) is 31.4 Å². The second-order valence-electron chi connectivity index (χ2n) is 3.41. The van der Waals surface area contributed by atoms with Crippen LogP contribution in [0.4, 0.5) is 0 Å². The van der Waals surface area contributed by atoms with Crippen molar-refractivity contribution in [2.24, 2.45) is 0 Å². The summed E-state index contributed by atoms with van der Waals surface area (Å²) < 4.78 is 10.4. The monoisotopic (exact) mass is 224 g/mol. The highest BCUT2D eigenvalue weighted by Gasteiger charge is 2.18. The first-order valence-electron chi connectivity index (χ1n) is 5.21. The van der Waals surface area contributed by atoms with Gasteiger partial charge in [-0.05, 0) is 18.6 Å². The van der Waals surface area contributed by atoms with Crippen LogP contribution >= 0.6 is 0 Å². The molecule has 4 nitrogen and oxygen atoms in total. The van der Waals surface area contributed by atoms with E-state index in [1.165, 1.54) is 0 Å². The van der Waals surface area contributed by atoms with Gasteiger partial charge in [0.25, 0.3) is 0 Å². The Morgan fingerprint density at radius 1 is 1.44 bits per heavy atom. The van der Waals surface area contributed by atoms with Crippen LogP contribution in [0, 0.1) is 0 Å². The van der Waals surface area contributed by atoms with E-state index in [0.717, 1.165) is 6.42 Å². The van der Waals surface area contributed by atoms with E-state index in [1.807, 2.05) is 6.92 Å². The maximum Gasteiger partial charge on any atom is 0.344 e. The molecular formula is C12H16O4. The summed E-state index contributed by atoms with van der Waals surface area (Å²) in [5.41, 5.74) is 0. The molecule has 0 amide bonds. The van der Waals surface area contributed by atoms with Crippen LogP contribution in [0.2, 0.25) is 0 Å². The van der Waals surface area contributed by atoms with Crippen molar-refractivity contribution in [2.75, 3.05) is 7.11 Å². The smallest absolute Gasteiger partial charge is 0.344 e. The van der Waals surface area contributed by atoms with Gasteiger partial charge in [-0.1, -0.05) is 19.4 Å². The SMILES string of the molecule is CCC[C@@H](Oc1cccc(OC)c1)C(=O)O. The predicted molar refractivity (Wildman–Crippen MR) is 60.0 cm³/mol. The van der Waals surface area contributed by atoms with Gasteiger partial charge in [-0.15, -0.1) is 0 Å². The number of carboxylic acid groups (broad SMARTS) is 1. The van der Waals surface area contributed by atoms with Crippen molar-refractivity contribution in [3.05, 3.63) is 24.3 Å². The highest BCUT2D eigenvalue weighted by Crippen LogP contribution is 2.20. The first kappa shape index (κ1) is 12.4. The molecule has 0 spiro atoms. The van der Waals surface area contributed by atoms with Crippen LogP contribution in [0.5, 0.6) is 11.5 Å². The number of carboxylic acids is 1. The number of aliphatic carboxylic acids is 1. The molecule has 0 fully saturated rings. The third-order valence-corrected chi connectivity index (χ3v) is 2.15. The number of rotatable bonds is 6. The summed E-state index contributed by atoms with van der Waals surface area (Å²) in [6.07, 6.45) is 0.463. The van der Waals surface area contributed by atoms with E-state index in [-0.39, 0.29) is 0 Å². The largest absolute Gasteiger partial charge is 0.497 e. The van der Waals surface area contributed by atoms with Gasteiger partial charge in [0.05, 0.1) is 7.11 Å². The molecule has 1 aromatic carbocycles. The summed E-state index contributed by atoms with van der Waals surface area (Å²) in [5.74, 6) is 0.225. The fourth-order valence-electron chi connectivity index (χ4n) is 1.33. The lowest BCUT2D eigenvalue weighted by Gasteiger charge is -2.14. The summed E-state index contributed by atoms with van der Waals surface area (Å²) in [4.78, 5) is 10.9. The maximum absolute atomic E-state index is 10.9. The van der Waals surface area contributed by atoms with Crippen LogP contribution in [0.1, 0.15) is 19.8 Å². The molecule has 0 aliphatic heterocycles. The Bertz CT molecular complexity index is 349. The fourth-order valence-corrected chi connectivity index (χ4v) is 1.33. The van der Waals surface area contributed by atoms with Crippen LogP contribution in [-0.4, -0.2) is 24.3 Å². The van der Waals surface area contributed by atoms with Gasteiger partial charge in [0, 0.05) is 6.07 Å². The van der Waals surface area contributed by atoms with Gasteiger partial charge < -0.3 is 14.6 Å². The van der Waals surface area contributed by atoms with E-state index < -0.39 is 12.1 Å². The minimum absolute atomic E-state index is 0.493. The molecule has 0 bridgehead atoms. The van der Waals surface area contributed by atoms with E-state index >= 15 is 0 Å². The number of hydrogen-bond acceptors (Lipinski definition) is 3. The summed E-state index contributed by atoms with van der Waals surface area (Å²) >= 11 is 0. The maximum atomic E-state index is 10.9. The van der Waals surface area contributed by atoms with Gasteiger partial charge in [0.15, 0.2) is 6.10 Å². The summed E-state index contributed by atoms with van der Waals surface area (Å²) in [6.45, 7) is 1.92. The molecule has 0 unspecified atom stereocenters. The van der Waals surface area contributed by atoms with Gasteiger partial charge in [-0.25, -0.2) is 4.79 Å². The normalized spacial score (nSPS) is 11.9. The zero-order valence-electron chi connectivity index (χ0n) is 9.47. The van der Waals surface area contributed by atoms with Gasteiger partial charge in [0.2, 0.25) is 0 Å². The Kier molecular flexibility index (Phi) is 4.64. The molecule has 4 heteroatoms. The first-order valence-corrected chi connectivity index (χ1v) is 5.21. The predicted octanol–water partition coefficient (Wildman–Crippen LogP) is 2.33. The fraction of sp³-hybridized carbons (Fsp3) is 0.417. The molecule has 1 atom stereocenters. The molecule has 88 valence electrons. The third-order valence-electron chi connectivity index (χ3n) is 2.15. The minimum Gasteiger partial charge on any atom is -0.497 e. The zero-order valence-corrected chi connectivity index (χ0v) is 9.47. The van der Waals surface area contributed by atoms with Crippen molar-refractivity contribution >= 4 is 5.97 Å². The number of benzene rings is 1. The zero-order chi connectivity index (χ0) is 12.0. The molecule has 16 heavy (non-hydrogen) atoms. The average molecular weight is 224 g/mol. The first-order chi connectivity index (χ1) is 7.67. The number of methoxy groups -OCH3 is 1. The molecule has 0 aliphatic carbocycles. The van der Waals surface area contributed by atoms with Crippen LogP contribution in [0.25, 0.3) is 0 Å². The van der Waals surface area contributed by atoms with Gasteiger partial charge in [-0.2, -0.15) is 0 Å². The number of ether oxygens (including phenoxy) is 2. The van der Waals surface area contributed by atoms with Crippen molar-refractivity contribution < 1.29 is 19.4 Å². The molecule has 0 heterocycles. The molecule has 0 aromatic heterocycles. The Labute approximate surface area is 94.8 Å². The Morgan fingerprint density at radius 2 is 2.12 bits per heavy atom. The lowest BCUT2D eigenvalue weighted by atomic mass is 10.2. The number of hydrogen-bond donors (Lipinski definition) is 1. The molecule has 0 saturated heterocycles. The van der Waals surface area contributed by atoms with Crippen LogP contribution in [0.15, 0.2) is 24.3 Å². The molecule has 1 aromatic rings. The lowest BCUT2D eigenvalue weighted by molar-refractivity contribution is -0.145. The van der Waals surface area contributed by atoms with Gasteiger partial charge in [0.1, 0.15) is 11.5 Å². The summed E-state index contributed by atoms with van der Waals surface area (Å²) in [6, 6.07) is 6.93. The molecule has 1 N–H and O–H groups in total. The number of carbonyl (C=O) groups is 1. The van der Waals surface area contributed by atoms with Gasteiger partial charge in [-0.3, -0.25) is 0 Å². The van der Waals surface area contributed by atoms with Crippen molar-refractivity contribution in [1.29, 1.82) is 0 Å². The van der Waals surface area contributed by atoms with Gasteiger partial charge >= 0.3 is 5.97 Å². The minimum atomic E-state index is -0.940. The van der Waals surface area contributed by atoms with Crippen molar-refractivity contribution in [3.63, 3.8) is 0 Å². The summed E-state index contributed by atoms with van der Waals surface area (Å²) in [5, 5.41) is 8.94. The van der Waals surface area contributed by atoms with E-state index in [0.29, 0.717) is 17.9 Å². The Hall–Kier alpha value is -1.71. The molecule has 0 saturated carbocycles. The highest BCUT2D eigenvalue weighted by molar-refractivity contribution is 5.72. The molecule has 1 rings (SSSR count). The molecular weight excluding hydrogens is 208 g/mol. The van der Waals surface area contributed by atoms with E-state index in [9.17, 15) is 4.79 Å². The highest BCUT2D eigenvalue weighted by atomic mass is 16.5. The van der Waals surface area contributed by atoms with Crippen LogP contribution in [-0.2, 0) is 4.79 Å². The van der Waals surface area contributed by atoms with Crippen LogP contribution < -0.4 is 9.47 Å². The third kappa shape index (κ3) is 3.46. The van der Waals surface area contributed by atoms with Crippen molar-refractivity contribution in [3.8, 4) is 11.5 Å². The Balaban J connectivity index is 2.72.